The molecule has 0 aromatic rings. The maximum atomic E-state index is 10.6. The molecule has 0 atom stereocenters. The highest BCUT2D eigenvalue weighted by atomic mass is 16.4. The van der Waals surface area contributed by atoms with E-state index in [0.29, 0.717) is 25.9 Å². The summed E-state index contributed by atoms with van der Waals surface area (Å²) in [6, 6.07) is 0. The Morgan fingerprint density at radius 2 is 2.00 bits per heavy atom. The molecule has 4 heteroatoms. The molecule has 0 unspecified atom stereocenters. The molecule has 1 aliphatic heterocycles. The number of likely N-dealkylation sites (tertiary alicyclic amines) is 1. The van der Waals surface area contributed by atoms with Gasteiger partial charge >= 0.3 is 5.97 Å². The largest absolute Gasteiger partial charge is 0.479 e. The average Bonchev–Trinajstić information content (AvgIpc) is 2.06. The second-order valence-electron chi connectivity index (χ2n) is 3.27. The molecule has 1 heterocycles. The highest BCUT2D eigenvalue weighted by Crippen LogP contribution is 2.21. The van der Waals surface area contributed by atoms with Crippen molar-refractivity contribution >= 4 is 5.97 Å². The summed E-state index contributed by atoms with van der Waals surface area (Å²) in [5, 5.41) is 18.2. The van der Waals surface area contributed by atoms with Crippen molar-refractivity contribution in [3.63, 3.8) is 0 Å². The summed E-state index contributed by atoms with van der Waals surface area (Å²) in [7, 11) is 0. The van der Waals surface area contributed by atoms with Crippen LogP contribution in [0.1, 0.15) is 19.8 Å². The third-order valence-corrected chi connectivity index (χ3v) is 2.53. The standard InChI is InChI=1S/C8H15NO3/c1-2-9-5-3-8(12,4-6-9)7(10)11/h12H,2-6H2,1H3,(H,10,11). The fraction of sp³-hybridized carbons (Fsp3) is 0.875. The van der Waals surface area contributed by atoms with Crippen molar-refractivity contribution in [3.8, 4) is 0 Å². The Kier molecular flexibility index (Phi) is 2.69. The summed E-state index contributed by atoms with van der Waals surface area (Å²) in [5.74, 6) is -1.08. The summed E-state index contributed by atoms with van der Waals surface area (Å²) in [4.78, 5) is 12.7. The molecule has 0 bridgehead atoms. The van der Waals surface area contributed by atoms with Crippen LogP contribution in [-0.2, 0) is 4.79 Å². The number of hydrogen-bond donors (Lipinski definition) is 2. The molecule has 0 aromatic heterocycles. The smallest absolute Gasteiger partial charge is 0.335 e. The molecule has 0 spiro atoms. The van der Waals surface area contributed by atoms with Gasteiger partial charge in [-0.3, -0.25) is 0 Å². The van der Waals surface area contributed by atoms with Crippen LogP contribution >= 0.6 is 0 Å². The minimum atomic E-state index is -1.47. The monoisotopic (exact) mass is 173 g/mol. The molecular formula is C8H15NO3. The average molecular weight is 173 g/mol. The van der Waals surface area contributed by atoms with Gasteiger partial charge in [-0.2, -0.15) is 0 Å². The first-order chi connectivity index (χ1) is 5.58. The van der Waals surface area contributed by atoms with Gasteiger partial charge in [-0.05, 0) is 19.4 Å². The number of carbonyl (C=O) groups is 1. The van der Waals surface area contributed by atoms with Crippen LogP contribution in [0.4, 0.5) is 0 Å². The molecule has 70 valence electrons. The molecule has 1 rings (SSSR count). The van der Waals surface area contributed by atoms with Gasteiger partial charge < -0.3 is 15.1 Å². The second kappa shape index (κ2) is 3.41. The van der Waals surface area contributed by atoms with Gasteiger partial charge in [0.1, 0.15) is 0 Å². The normalized spacial score (nSPS) is 23.8. The van der Waals surface area contributed by atoms with E-state index >= 15 is 0 Å². The molecule has 4 nitrogen and oxygen atoms in total. The van der Waals surface area contributed by atoms with Crippen LogP contribution < -0.4 is 0 Å². The number of aliphatic hydroxyl groups is 1. The van der Waals surface area contributed by atoms with Crippen molar-refractivity contribution in [1.29, 1.82) is 0 Å². The molecule has 0 saturated carbocycles. The van der Waals surface area contributed by atoms with Crippen LogP contribution in [0.5, 0.6) is 0 Å². The van der Waals surface area contributed by atoms with Crippen molar-refractivity contribution in [1.82, 2.24) is 4.90 Å². The maximum Gasteiger partial charge on any atom is 0.335 e. The molecule has 1 fully saturated rings. The van der Waals surface area contributed by atoms with Gasteiger partial charge in [-0.25, -0.2) is 4.79 Å². The van der Waals surface area contributed by atoms with Gasteiger partial charge in [-0.1, -0.05) is 6.92 Å². The van der Waals surface area contributed by atoms with Gasteiger partial charge in [-0.15, -0.1) is 0 Å². The summed E-state index contributed by atoms with van der Waals surface area (Å²) < 4.78 is 0. The van der Waals surface area contributed by atoms with Crippen molar-refractivity contribution in [2.45, 2.75) is 25.4 Å². The van der Waals surface area contributed by atoms with Crippen LogP contribution in [0.15, 0.2) is 0 Å². The van der Waals surface area contributed by atoms with E-state index in [2.05, 4.69) is 4.90 Å². The topological polar surface area (TPSA) is 60.8 Å². The SMILES string of the molecule is CCN1CCC(O)(C(=O)O)CC1. The van der Waals surface area contributed by atoms with Crippen LogP contribution in [0.25, 0.3) is 0 Å². The molecule has 12 heavy (non-hydrogen) atoms. The molecule has 1 saturated heterocycles. The molecule has 0 aliphatic carbocycles. The fourth-order valence-electron chi connectivity index (χ4n) is 1.45. The Hall–Kier alpha value is -0.610. The van der Waals surface area contributed by atoms with Crippen molar-refractivity contribution < 1.29 is 15.0 Å². The summed E-state index contributed by atoms with van der Waals surface area (Å²) in [6.45, 7) is 4.32. The number of carboxylic acid groups (broad SMARTS) is 1. The summed E-state index contributed by atoms with van der Waals surface area (Å²) in [5.41, 5.74) is -1.47. The Morgan fingerprint density at radius 3 is 2.33 bits per heavy atom. The number of rotatable bonds is 2. The lowest BCUT2D eigenvalue weighted by Crippen LogP contribution is -2.49. The second-order valence-corrected chi connectivity index (χ2v) is 3.27. The molecule has 0 aromatic carbocycles. The summed E-state index contributed by atoms with van der Waals surface area (Å²) in [6.07, 6.45) is 0.687. The third-order valence-electron chi connectivity index (χ3n) is 2.53. The van der Waals surface area contributed by atoms with Gasteiger partial charge in [0.15, 0.2) is 5.60 Å². The molecular weight excluding hydrogens is 158 g/mol. The van der Waals surface area contributed by atoms with E-state index in [9.17, 15) is 9.90 Å². The zero-order valence-electron chi connectivity index (χ0n) is 7.29. The lowest BCUT2D eigenvalue weighted by Gasteiger charge is -2.34. The van der Waals surface area contributed by atoms with E-state index in [1.165, 1.54) is 0 Å². The zero-order chi connectivity index (χ0) is 9.19. The minimum Gasteiger partial charge on any atom is -0.479 e. The Balaban J connectivity index is 2.49. The first-order valence-corrected chi connectivity index (χ1v) is 4.26. The quantitative estimate of drug-likeness (QED) is 0.613. The first-order valence-electron chi connectivity index (χ1n) is 4.26. The molecule has 1 aliphatic rings. The van der Waals surface area contributed by atoms with Crippen LogP contribution in [0.2, 0.25) is 0 Å². The Labute approximate surface area is 71.8 Å². The zero-order valence-corrected chi connectivity index (χ0v) is 7.29. The van der Waals surface area contributed by atoms with Crippen LogP contribution in [0, 0.1) is 0 Å². The van der Waals surface area contributed by atoms with Crippen molar-refractivity contribution in [3.05, 3.63) is 0 Å². The van der Waals surface area contributed by atoms with Crippen molar-refractivity contribution in [2.75, 3.05) is 19.6 Å². The molecule has 0 radical (unpaired) electrons. The van der Waals surface area contributed by atoms with E-state index in [1.54, 1.807) is 0 Å². The number of carboxylic acids is 1. The third kappa shape index (κ3) is 1.76. The lowest BCUT2D eigenvalue weighted by molar-refractivity contribution is -0.163. The van der Waals surface area contributed by atoms with E-state index in [1.807, 2.05) is 6.92 Å². The van der Waals surface area contributed by atoms with Gasteiger partial charge in [0.2, 0.25) is 0 Å². The number of piperidine rings is 1. The van der Waals surface area contributed by atoms with E-state index in [4.69, 9.17) is 5.11 Å². The van der Waals surface area contributed by atoms with E-state index in [-0.39, 0.29) is 0 Å². The molecule has 2 N–H and O–H groups in total. The predicted octanol–water partition coefficient (Wildman–Crippen LogP) is -0.0822. The van der Waals surface area contributed by atoms with Crippen LogP contribution in [0.3, 0.4) is 0 Å². The number of nitrogens with zero attached hydrogens (tertiary/aromatic N) is 1. The maximum absolute atomic E-state index is 10.6. The van der Waals surface area contributed by atoms with Gasteiger partial charge in [0.05, 0.1) is 0 Å². The van der Waals surface area contributed by atoms with Gasteiger partial charge in [0, 0.05) is 13.1 Å². The summed E-state index contributed by atoms with van der Waals surface area (Å²) >= 11 is 0. The highest BCUT2D eigenvalue weighted by molar-refractivity contribution is 5.77. The Morgan fingerprint density at radius 1 is 1.50 bits per heavy atom. The highest BCUT2D eigenvalue weighted by Gasteiger charge is 2.38. The first kappa shape index (κ1) is 9.48. The number of aliphatic carboxylic acids is 1. The number of hydrogen-bond acceptors (Lipinski definition) is 3. The minimum absolute atomic E-state index is 0.343. The van der Waals surface area contributed by atoms with E-state index < -0.39 is 11.6 Å². The lowest BCUT2D eigenvalue weighted by atomic mass is 9.92. The molecule has 0 amide bonds. The van der Waals surface area contributed by atoms with Crippen molar-refractivity contribution in [2.24, 2.45) is 0 Å². The fourth-order valence-corrected chi connectivity index (χ4v) is 1.45. The van der Waals surface area contributed by atoms with Gasteiger partial charge in [0.25, 0.3) is 0 Å². The Bertz CT molecular complexity index is 173. The predicted molar refractivity (Wildman–Crippen MR) is 43.9 cm³/mol. The van der Waals surface area contributed by atoms with E-state index in [0.717, 1.165) is 6.54 Å². The van der Waals surface area contributed by atoms with Crippen LogP contribution in [-0.4, -0.2) is 46.3 Å².